The highest BCUT2D eigenvalue weighted by Crippen LogP contribution is 2.21. The van der Waals surface area contributed by atoms with Crippen molar-refractivity contribution in [2.24, 2.45) is 5.73 Å². The van der Waals surface area contributed by atoms with Crippen LogP contribution in [-0.2, 0) is 6.54 Å². The van der Waals surface area contributed by atoms with Crippen molar-refractivity contribution in [2.45, 2.75) is 59.3 Å². The van der Waals surface area contributed by atoms with Crippen molar-refractivity contribution < 1.29 is 9.47 Å². The highest BCUT2D eigenvalue weighted by molar-refractivity contribution is 5.47. The van der Waals surface area contributed by atoms with Crippen molar-refractivity contribution in [1.82, 2.24) is 0 Å². The maximum atomic E-state index is 6.78. The van der Waals surface area contributed by atoms with E-state index < -0.39 is 0 Å². The Morgan fingerprint density at radius 3 is 1.46 bits per heavy atom. The molecule has 0 aliphatic rings. The molecule has 0 saturated carbocycles. The fourth-order valence-electron chi connectivity index (χ4n) is 1.99. The number of ether oxygens (including phenoxy) is 2. The highest BCUT2D eigenvalue weighted by Gasteiger charge is 2.11. The second-order valence-electron chi connectivity index (χ2n) is 7.88. The number of rotatable bonds is 3. The molecule has 2 N–H and O–H groups in total. The van der Waals surface area contributed by atoms with Gasteiger partial charge in [-0.25, -0.2) is 4.85 Å². The van der Waals surface area contributed by atoms with Crippen molar-refractivity contribution in [2.75, 3.05) is 0 Å². The predicted octanol–water partition coefficient (Wildman–Crippen LogP) is 5.74. The van der Waals surface area contributed by atoms with Crippen LogP contribution < -0.4 is 15.2 Å². The van der Waals surface area contributed by atoms with E-state index >= 15 is 0 Å². The third-order valence-corrected chi connectivity index (χ3v) is 2.97. The zero-order chi connectivity index (χ0) is 19.8. The molecule has 0 aliphatic carbocycles. The Hall–Kier alpha value is -2.51. The van der Waals surface area contributed by atoms with E-state index in [1.54, 1.807) is 12.1 Å². The fraction of sp³-hybridized carbons (Fsp3) is 0.409. The van der Waals surface area contributed by atoms with Crippen LogP contribution in [-0.4, -0.2) is 11.2 Å². The van der Waals surface area contributed by atoms with Crippen LogP contribution >= 0.6 is 0 Å². The van der Waals surface area contributed by atoms with Crippen molar-refractivity contribution in [1.29, 1.82) is 0 Å². The molecule has 140 valence electrons. The molecule has 0 radical (unpaired) electrons. The topological polar surface area (TPSA) is 48.8 Å². The summed E-state index contributed by atoms with van der Waals surface area (Å²) in [5.41, 5.74) is 6.94. The quantitative estimate of drug-likeness (QED) is 0.715. The first-order valence-electron chi connectivity index (χ1n) is 8.67. The Morgan fingerprint density at radius 1 is 0.769 bits per heavy atom. The summed E-state index contributed by atoms with van der Waals surface area (Å²) in [5.74, 6) is 1.70. The Kier molecular flexibility index (Phi) is 7.67. The number of benzene rings is 2. The number of nitrogens with zero attached hydrogens (tertiary/aromatic N) is 1. The molecule has 0 aromatic heterocycles. The predicted molar refractivity (Wildman–Crippen MR) is 108 cm³/mol. The van der Waals surface area contributed by atoms with Crippen LogP contribution in [0.3, 0.4) is 0 Å². The second-order valence-corrected chi connectivity index (χ2v) is 7.88. The minimum absolute atomic E-state index is 0.135. The Balaban J connectivity index is 0.000000260. The molecule has 2 aromatic carbocycles. The van der Waals surface area contributed by atoms with Gasteiger partial charge in [-0.1, -0.05) is 24.3 Å². The first-order valence-corrected chi connectivity index (χ1v) is 8.67. The van der Waals surface area contributed by atoms with Crippen molar-refractivity contribution >= 4 is 5.69 Å². The van der Waals surface area contributed by atoms with Crippen LogP contribution in [0.4, 0.5) is 5.69 Å². The molecule has 0 spiro atoms. The maximum absolute atomic E-state index is 6.78. The normalized spacial score (nSPS) is 11.0. The lowest BCUT2D eigenvalue weighted by molar-refractivity contribution is 0.130. The largest absolute Gasteiger partial charge is 0.488 e. The standard InChI is InChI=1S/C11H13NO.C11H17NO/c1-11(2,3)13-10-7-5-9(12-4)6-8-10;1-11(2,3)13-10-6-4-9(8-12)5-7-10/h5-8H,1-3H3;4-7H,8,12H2,1-3H3. The average molecular weight is 354 g/mol. The minimum Gasteiger partial charge on any atom is -0.488 e. The Morgan fingerprint density at radius 2 is 1.15 bits per heavy atom. The van der Waals surface area contributed by atoms with Crippen molar-refractivity contribution in [3.8, 4) is 11.5 Å². The van der Waals surface area contributed by atoms with Gasteiger partial charge in [-0.05, 0) is 71.4 Å². The summed E-state index contributed by atoms with van der Waals surface area (Å²) in [6.45, 7) is 19.4. The molecule has 0 heterocycles. The van der Waals surface area contributed by atoms with Crippen LogP contribution in [0.15, 0.2) is 48.5 Å². The SMILES string of the molecule is CC(C)(C)Oc1ccc(CN)cc1.[C-]#[N+]c1ccc(OC(C)(C)C)cc1. The second kappa shape index (κ2) is 9.26. The van der Waals surface area contributed by atoms with Gasteiger partial charge >= 0.3 is 0 Å². The highest BCUT2D eigenvalue weighted by atomic mass is 16.5. The van der Waals surface area contributed by atoms with Gasteiger partial charge in [0.2, 0.25) is 0 Å². The monoisotopic (exact) mass is 354 g/mol. The summed E-state index contributed by atoms with van der Waals surface area (Å²) in [7, 11) is 0. The van der Waals surface area contributed by atoms with Crippen molar-refractivity contribution in [3.63, 3.8) is 0 Å². The van der Waals surface area contributed by atoms with Crippen molar-refractivity contribution in [3.05, 3.63) is 65.5 Å². The van der Waals surface area contributed by atoms with Gasteiger partial charge in [0, 0.05) is 6.54 Å². The van der Waals surface area contributed by atoms with Gasteiger partial charge in [0.05, 0.1) is 6.57 Å². The van der Waals surface area contributed by atoms with Gasteiger partial charge in [0.25, 0.3) is 0 Å². The van der Waals surface area contributed by atoms with Gasteiger partial charge in [0.15, 0.2) is 5.69 Å². The van der Waals surface area contributed by atoms with Gasteiger partial charge in [-0.2, -0.15) is 0 Å². The van der Waals surface area contributed by atoms with Crippen LogP contribution in [0.1, 0.15) is 47.1 Å². The Labute approximate surface area is 157 Å². The molecular weight excluding hydrogens is 324 g/mol. The molecule has 4 heteroatoms. The summed E-state index contributed by atoms with van der Waals surface area (Å²) >= 11 is 0. The van der Waals surface area contributed by atoms with E-state index in [0.717, 1.165) is 17.1 Å². The lowest BCUT2D eigenvalue weighted by atomic mass is 10.2. The molecule has 26 heavy (non-hydrogen) atoms. The van der Waals surface area contributed by atoms with Gasteiger partial charge < -0.3 is 15.2 Å². The van der Waals surface area contributed by atoms with E-state index in [-0.39, 0.29) is 11.2 Å². The Bertz CT molecular complexity index is 700. The molecule has 0 aliphatic heterocycles. The summed E-state index contributed by atoms with van der Waals surface area (Å²) in [5, 5.41) is 0. The molecule has 0 amide bonds. The molecule has 0 atom stereocenters. The molecule has 0 unspecified atom stereocenters. The third-order valence-electron chi connectivity index (χ3n) is 2.97. The smallest absolute Gasteiger partial charge is 0.187 e. The molecule has 2 aromatic rings. The first-order chi connectivity index (χ1) is 12.0. The number of nitrogens with two attached hydrogens (primary N) is 1. The minimum atomic E-state index is -0.181. The van der Waals surface area contributed by atoms with Gasteiger partial charge in [-0.3, -0.25) is 0 Å². The van der Waals surface area contributed by atoms with Crippen LogP contribution in [0, 0.1) is 6.57 Å². The summed E-state index contributed by atoms with van der Waals surface area (Å²) in [4.78, 5) is 3.30. The maximum Gasteiger partial charge on any atom is 0.187 e. The van der Waals surface area contributed by atoms with E-state index in [2.05, 4.69) is 4.85 Å². The summed E-state index contributed by atoms with van der Waals surface area (Å²) in [6.07, 6.45) is 0. The lowest BCUT2D eigenvalue weighted by Gasteiger charge is -2.21. The van der Waals surface area contributed by atoms with Crippen LogP contribution in [0.5, 0.6) is 11.5 Å². The van der Waals surface area contributed by atoms with E-state index in [1.165, 1.54) is 0 Å². The molecule has 0 bridgehead atoms. The molecule has 0 saturated heterocycles. The lowest BCUT2D eigenvalue weighted by Crippen LogP contribution is -2.22. The zero-order valence-corrected chi connectivity index (χ0v) is 16.7. The van der Waals surface area contributed by atoms with Gasteiger partial charge in [0.1, 0.15) is 22.7 Å². The van der Waals surface area contributed by atoms with E-state index in [4.69, 9.17) is 21.8 Å². The molecule has 4 nitrogen and oxygen atoms in total. The zero-order valence-electron chi connectivity index (χ0n) is 16.7. The van der Waals surface area contributed by atoms with E-state index in [1.807, 2.05) is 77.9 Å². The van der Waals surface area contributed by atoms with E-state index in [9.17, 15) is 0 Å². The summed E-state index contributed by atoms with van der Waals surface area (Å²) < 4.78 is 11.3. The number of hydrogen-bond acceptors (Lipinski definition) is 3. The summed E-state index contributed by atoms with van der Waals surface area (Å²) in [6, 6.07) is 15.0. The molecule has 2 rings (SSSR count). The van der Waals surface area contributed by atoms with Crippen LogP contribution in [0.25, 0.3) is 4.85 Å². The van der Waals surface area contributed by atoms with E-state index in [0.29, 0.717) is 12.2 Å². The fourth-order valence-corrected chi connectivity index (χ4v) is 1.99. The molecule has 0 fully saturated rings. The number of hydrogen-bond donors (Lipinski definition) is 1. The van der Waals surface area contributed by atoms with Crippen LogP contribution in [0.2, 0.25) is 0 Å². The van der Waals surface area contributed by atoms with Gasteiger partial charge in [-0.15, -0.1) is 0 Å². The third kappa shape index (κ3) is 9.10. The first kappa shape index (κ1) is 21.5. The average Bonchev–Trinajstić information content (AvgIpc) is 2.54. The molecular formula is C22H30N2O2.